The maximum absolute atomic E-state index is 5.85. The van der Waals surface area contributed by atoms with Crippen LogP contribution in [0.3, 0.4) is 0 Å². The average molecular weight is 537 g/mol. The standard InChI is InChI=1S/C37H33N2P/c38-33-24-22-32(23-25-33)31-20-16-29(17-21-31)28-30-18-26-34(27-19-30)39-40(35-10-4-1-5-11-35,36-12-6-2-7-13-36)37-14-8-3-9-15-37/h1-2,4-8,10-27H,3,9,28,38H2. The molecule has 0 aromatic heterocycles. The number of benzene rings is 5. The fourth-order valence-corrected chi connectivity index (χ4v) is 8.97. The van der Waals surface area contributed by atoms with Crippen LogP contribution >= 0.6 is 7.05 Å². The van der Waals surface area contributed by atoms with Crippen molar-refractivity contribution >= 4 is 29.0 Å². The molecule has 0 aliphatic heterocycles. The fraction of sp³-hybridized carbons (Fsp3) is 0.0811. The molecule has 0 bridgehead atoms. The summed E-state index contributed by atoms with van der Waals surface area (Å²) in [7, 11) is -2.23. The smallest absolute Gasteiger partial charge is 0.0625 e. The highest BCUT2D eigenvalue weighted by molar-refractivity contribution is 7.84. The zero-order valence-electron chi connectivity index (χ0n) is 22.5. The quantitative estimate of drug-likeness (QED) is 0.163. The Morgan fingerprint density at radius 3 is 1.62 bits per heavy atom. The van der Waals surface area contributed by atoms with Gasteiger partial charge in [-0.3, -0.25) is 4.74 Å². The molecular weight excluding hydrogens is 503 g/mol. The molecule has 0 heterocycles. The van der Waals surface area contributed by atoms with Gasteiger partial charge in [0.2, 0.25) is 0 Å². The van der Waals surface area contributed by atoms with Crippen molar-refractivity contribution in [2.45, 2.75) is 19.3 Å². The molecule has 40 heavy (non-hydrogen) atoms. The minimum atomic E-state index is -2.23. The first-order valence-electron chi connectivity index (χ1n) is 13.9. The Labute approximate surface area is 237 Å². The first kappa shape index (κ1) is 25.9. The van der Waals surface area contributed by atoms with Gasteiger partial charge in [-0.2, -0.15) is 0 Å². The second kappa shape index (κ2) is 11.8. The molecule has 0 amide bonds. The maximum Gasteiger partial charge on any atom is 0.0625 e. The summed E-state index contributed by atoms with van der Waals surface area (Å²) in [6, 6.07) is 47.4. The third-order valence-electron chi connectivity index (χ3n) is 7.42. The molecule has 6 rings (SSSR count). The van der Waals surface area contributed by atoms with Gasteiger partial charge >= 0.3 is 0 Å². The Morgan fingerprint density at radius 1 is 0.575 bits per heavy atom. The molecule has 5 aromatic carbocycles. The molecule has 2 nitrogen and oxygen atoms in total. The molecule has 0 saturated heterocycles. The van der Waals surface area contributed by atoms with Crippen molar-refractivity contribution in [2.24, 2.45) is 4.74 Å². The number of anilines is 1. The van der Waals surface area contributed by atoms with Gasteiger partial charge in [-0.15, -0.1) is 0 Å². The molecule has 2 N–H and O–H groups in total. The van der Waals surface area contributed by atoms with Gasteiger partial charge in [0.1, 0.15) is 0 Å². The van der Waals surface area contributed by atoms with E-state index < -0.39 is 7.05 Å². The topological polar surface area (TPSA) is 38.4 Å². The van der Waals surface area contributed by atoms with Crippen LogP contribution in [-0.4, -0.2) is 0 Å². The SMILES string of the molecule is Nc1ccc(-c2ccc(Cc3ccc(N=P(C4=CCCC=C4)(c4ccccc4)c4ccccc4)cc3)cc2)cc1. The van der Waals surface area contributed by atoms with Gasteiger partial charge < -0.3 is 5.73 Å². The van der Waals surface area contributed by atoms with E-state index in [9.17, 15) is 0 Å². The molecule has 1 aliphatic rings. The van der Waals surface area contributed by atoms with Gasteiger partial charge in [0.25, 0.3) is 0 Å². The number of nitrogens with zero attached hydrogens (tertiary/aromatic N) is 1. The first-order valence-corrected chi connectivity index (χ1v) is 15.6. The van der Waals surface area contributed by atoms with E-state index in [0.717, 1.165) is 30.6 Å². The lowest BCUT2D eigenvalue weighted by molar-refractivity contribution is 1.03. The van der Waals surface area contributed by atoms with Crippen molar-refractivity contribution in [3.05, 3.63) is 168 Å². The van der Waals surface area contributed by atoms with Crippen LogP contribution in [0.5, 0.6) is 0 Å². The molecular formula is C37H33N2P. The summed E-state index contributed by atoms with van der Waals surface area (Å²) < 4.78 is 5.64. The van der Waals surface area contributed by atoms with Crippen LogP contribution in [0.1, 0.15) is 24.0 Å². The molecule has 0 spiro atoms. The van der Waals surface area contributed by atoms with Gasteiger partial charge in [-0.25, -0.2) is 0 Å². The van der Waals surface area contributed by atoms with Gasteiger partial charge in [-0.05, 0) is 71.1 Å². The van der Waals surface area contributed by atoms with E-state index in [0.29, 0.717) is 0 Å². The first-order chi connectivity index (χ1) is 19.7. The van der Waals surface area contributed by atoms with E-state index in [-0.39, 0.29) is 0 Å². The number of allylic oxidation sites excluding steroid dienone is 4. The molecule has 0 unspecified atom stereocenters. The number of nitrogens with two attached hydrogens (primary N) is 1. The summed E-state index contributed by atoms with van der Waals surface area (Å²) in [4.78, 5) is 0. The zero-order chi connectivity index (χ0) is 27.2. The minimum Gasteiger partial charge on any atom is -0.399 e. The second-order valence-electron chi connectivity index (χ2n) is 10.2. The summed E-state index contributed by atoms with van der Waals surface area (Å²) in [5, 5.41) is 3.90. The van der Waals surface area contributed by atoms with E-state index in [2.05, 4.69) is 140 Å². The molecule has 3 heteroatoms. The van der Waals surface area contributed by atoms with Crippen LogP contribution in [0.2, 0.25) is 0 Å². The Kier molecular flexibility index (Phi) is 7.62. The molecule has 0 radical (unpaired) electrons. The molecule has 0 saturated carbocycles. The highest BCUT2D eigenvalue weighted by atomic mass is 31.2. The maximum atomic E-state index is 5.85. The van der Waals surface area contributed by atoms with E-state index >= 15 is 0 Å². The third kappa shape index (κ3) is 5.50. The fourth-order valence-electron chi connectivity index (χ4n) is 5.33. The molecule has 5 aromatic rings. The molecule has 0 atom stereocenters. The lowest BCUT2D eigenvalue weighted by Gasteiger charge is -2.29. The molecule has 1 aliphatic carbocycles. The molecule has 196 valence electrons. The highest BCUT2D eigenvalue weighted by Crippen LogP contribution is 2.58. The van der Waals surface area contributed by atoms with Crippen LogP contribution in [0.15, 0.2) is 162 Å². The van der Waals surface area contributed by atoms with Crippen molar-refractivity contribution in [3.63, 3.8) is 0 Å². The second-order valence-corrected chi connectivity index (χ2v) is 13.2. The van der Waals surface area contributed by atoms with E-state index in [1.807, 2.05) is 12.1 Å². The van der Waals surface area contributed by atoms with Crippen LogP contribution in [0.25, 0.3) is 11.1 Å². The summed E-state index contributed by atoms with van der Waals surface area (Å²) in [6.45, 7) is 0. The van der Waals surface area contributed by atoms with Crippen molar-refractivity contribution in [1.29, 1.82) is 0 Å². The van der Waals surface area contributed by atoms with E-state index in [4.69, 9.17) is 10.5 Å². The van der Waals surface area contributed by atoms with E-state index in [1.165, 1.54) is 38.2 Å². The zero-order valence-corrected chi connectivity index (χ0v) is 23.4. The number of nitrogen functional groups attached to an aromatic ring is 1. The number of hydrogen-bond acceptors (Lipinski definition) is 2. The molecule has 0 fully saturated rings. The third-order valence-corrected chi connectivity index (χ3v) is 11.1. The summed E-state index contributed by atoms with van der Waals surface area (Å²) in [5.41, 5.74) is 12.6. The van der Waals surface area contributed by atoms with Gasteiger partial charge in [0, 0.05) is 16.3 Å². The van der Waals surface area contributed by atoms with Crippen molar-refractivity contribution in [3.8, 4) is 11.1 Å². The van der Waals surface area contributed by atoms with E-state index in [1.54, 1.807) is 0 Å². The summed E-state index contributed by atoms with van der Waals surface area (Å²) in [5.74, 6) is 0. The Morgan fingerprint density at radius 2 is 1.10 bits per heavy atom. The van der Waals surface area contributed by atoms with Crippen LogP contribution in [0, 0.1) is 0 Å². The van der Waals surface area contributed by atoms with Crippen molar-refractivity contribution in [2.75, 3.05) is 5.73 Å². The number of rotatable bonds is 7. The average Bonchev–Trinajstić information content (AvgIpc) is 3.03. The summed E-state index contributed by atoms with van der Waals surface area (Å²) in [6.07, 6.45) is 10.0. The van der Waals surface area contributed by atoms with Crippen LogP contribution in [0.4, 0.5) is 11.4 Å². The lowest BCUT2D eigenvalue weighted by atomic mass is 10.00. The summed E-state index contributed by atoms with van der Waals surface area (Å²) >= 11 is 0. The monoisotopic (exact) mass is 536 g/mol. The normalized spacial score (nSPS) is 13.1. The van der Waals surface area contributed by atoms with Crippen LogP contribution < -0.4 is 16.3 Å². The highest BCUT2D eigenvalue weighted by Gasteiger charge is 2.28. The Hall–Kier alpha value is -4.39. The van der Waals surface area contributed by atoms with Gasteiger partial charge in [-0.1, -0.05) is 127 Å². The predicted molar refractivity (Wildman–Crippen MR) is 173 cm³/mol. The lowest BCUT2D eigenvalue weighted by Crippen LogP contribution is -2.17. The number of hydrogen-bond donors (Lipinski definition) is 1. The largest absolute Gasteiger partial charge is 0.399 e. The minimum absolute atomic E-state index is 0.786. The Bertz CT molecular complexity index is 1640. The van der Waals surface area contributed by atoms with Gasteiger partial charge in [0.05, 0.1) is 12.7 Å². The van der Waals surface area contributed by atoms with Crippen LogP contribution in [-0.2, 0) is 6.42 Å². The Balaban J connectivity index is 1.34. The predicted octanol–water partition coefficient (Wildman–Crippen LogP) is 9.24. The van der Waals surface area contributed by atoms with Crippen molar-refractivity contribution in [1.82, 2.24) is 0 Å². The van der Waals surface area contributed by atoms with Crippen molar-refractivity contribution < 1.29 is 0 Å². The van der Waals surface area contributed by atoms with Gasteiger partial charge in [0.15, 0.2) is 0 Å².